The smallest absolute Gasteiger partial charge is 0.272 e. The molecule has 1 atom stereocenters. The molecule has 4 aromatic carbocycles. The highest BCUT2D eigenvalue weighted by molar-refractivity contribution is 8.00. The van der Waals surface area contributed by atoms with Crippen LogP contribution in [-0.4, -0.2) is 32.6 Å². The van der Waals surface area contributed by atoms with Crippen molar-refractivity contribution in [3.05, 3.63) is 172 Å². The molecule has 0 aliphatic carbocycles. The molecule has 0 spiro atoms. The van der Waals surface area contributed by atoms with Gasteiger partial charge in [0.2, 0.25) is 5.91 Å². The molecule has 0 bridgehead atoms. The number of nitro groups is 1. The Morgan fingerprint density at radius 2 is 1.61 bits per heavy atom. The first-order chi connectivity index (χ1) is 24.8. The van der Waals surface area contributed by atoms with Crippen LogP contribution >= 0.6 is 23.1 Å². The fourth-order valence-electron chi connectivity index (χ4n) is 4.87. The van der Waals surface area contributed by atoms with Crippen LogP contribution in [0.15, 0.2) is 150 Å². The Hall–Kier alpha value is -6.44. The fourth-order valence-corrected chi connectivity index (χ4v) is 6.67. The molecule has 0 radical (unpaired) electrons. The van der Waals surface area contributed by atoms with Crippen LogP contribution in [-0.2, 0) is 9.59 Å². The van der Waals surface area contributed by atoms with Gasteiger partial charge in [-0.15, -0.1) is 23.1 Å². The lowest BCUT2D eigenvalue weighted by molar-refractivity contribution is -0.384. The monoisotopic (exact) mass is 712 g/mol. The van der Waals surface area contributed by atoms with Crippen LogP contribution in [0, 0.1) is 10.1 Å². The van der Waals surface area contributed by atoms with Gasteiger partial charge in [0.25, 0.3) is 17.5 Å². The summed E-state index contributed by atoms with van der Waals surface area (Å²) in [6.45, 7) is 0. The number of carbonyl (C=O) groups is 3. The number of rotatable bonds is 12. The highest BCUT2D eigenvalue weighted by Crippen LogP contribution is 2.38. The molecule has 0 saturated heterocycles. The third kappa shape index (κ3) is 9.17. The van der Waals surface area contributed by atoms with Crippen molar-refractivity contribution in [2.45, 2.75) is 10.1 Å². The number of anilines is 2. The molecule has 51 heavy (non-hydrogen) atoms. The van der Waals surface area contributed by atoms with Gasteiger partial charge in [-0.3, -0.25) is 29.5 Å². The highest BCUT2D eigenvalue weighted by Gasteiger charge is 2.24. The van der Waals surface area contributed by atoms with Crippen molar-refractivity contribution < 1.29 is 19.3 Å². The molecule has 6 rings (SSSR count). The normalized spacial score (nSPS) is 11.6. The second kappa shape index (κ2) is 16.3. The molecule has 2 heterocycles. The lowest BCUT2D eigenvalue weighted by Gasteiger charge is -2.17. The second-order valence-corrected chi connectivity index (χ2v) is 12.9. The summed E-state index contributed by atoms with van der Waals surface area (Å²) in [6.07, 6.45) is 4.73. The van der Waals surface area contributed by atoms with Crippen molar-refractivity contribution in [3.8, 4) is 11.3 Å². The second-order valence-electron chi connectivity index (χ2n) is 10.9. The molecule has 0 saturated carbocycles. The third-order valence-corrected chi connectivity index (χ3v) is 9.30. The van der Waals surface area contributed by atoms with Gasteiger partial charge in [0.05, 0.1) is 10.6 Å². The number of hydrogen-bond acceptors (Lipinski definition) is 9. The Bertz CT molecular complexity index is 2210. The van der Waals surface area contributed by atoms with E-state index in [-0.39, 0.29) is 17.3 Å². The number of non-ortho nitro benzene ring substituents is 1. The number of pyridine rings is 1. The van der Waals surface area contributed by atoms with Gasteiger partial charge >= 0.3 is 0 Å². The SMILES string of the molecule is O=C(Nc1cccc(SC(C(=O)Nc2nc(-c3cccc([N+](=O)[O-])c3)cs2)c2ccccc2)c1)/C(=C/c1cccnc1)NC(=O)c1ccccc1. The number of nitro benzene ring substituents is 1. The highest BCUT2D eigenvalue weighted by atomic mass is 32.2. The van der Waals surface area contributed by atoms with E-state index in [9.17, 15) is 24.5 Å². The minimum atomic E-state index is -0.700. The summed E-state index contributed by atoms with van der Waals surface area (Å²) >= 11 is 2.50. The maximum atomic E-state index is 13.8. The van der Waals surface area contributed by atoms with Gasteiger partial charge in [-0.1, -0.05) is 72.8 Å². The van der Waals surface area contributed by atoms with Gasteiger partial charge < -0.3 is 16.0 Å². The van der Waals surface area contributed by atoms with Crippen molar-refractivity contribution in [1.29, 1.82) is 0 Å². The molecule has 2 aromatic heterocycles. The number of aromatic nitrogens is 2. The molecule has 3 amide bonds. The quantitative estimate of drug-likeness (QED) is 0.0499. The van der Waals surface area contributed by atoms with Crippen LogP contribution < -0.4 is 16.0 Å². The third-order valence-electron chi connectivity index (χ3n) is 7.30. The van der Waals surface area contributed by atoms with E-state index in [0.29, 0.717) is 38.1 Å². The average Bonchev–Trinajstić information content (AvgIpc) is 3.63. The maximum absolute atomic E-state index is 13.8. The maximum Gasteiger partial charge on any atom is 0.272 e. The van der Waals surface area contributed by atoms with Gasteiger partial charge in [-0.05, 0) is 53.6 Å². The predicted octanol–water partition coefficient (Wildman–Crippen LogP) is 8.00. The number of hydrogen-bond donors (Lipinski definition) is 3. The number of thiazole rings is 1. The molecular weight excluding hydrogens is 685 g/mol. The first-order valence-corrected chi connectivity index (χ1v) is 17.2. The van der Waals surface area contributed by atoms with Crippen molar-refractivity contribution >= 4 is 63.4 Å². The average molecular weight is 713 g/mol. The Kier molecular flexibility index (Phi) is 11.0. The summed E-state index contributed by atoms with van der Waals surface area (Å²) in [5.74, 6) is -1.32. The van der Waals surface area contributed by atoms with E-state index in [1.807, 2.05) is 36.4 Å². The molecule has 0 fully saturated rings. The molecule has 11 nitrogen and oxygen atoms in total. The standard InChI is InChI=1S/C38H28N6O5S2/c45-35(27-13-5-2-6-14-27)41-32(20-25-10-9-19-39-23-25)36(46)40-29-16-8-18-31(22-29)51-34(26-11-3-1-4-12-26)37(47)43-38-42-33(24-50-38)28-15-7-17-30(21-28)44(48)49/h1-24,34H,(H,40,46)(H,41,45)(H,42,43,47)/b32-20-. The van der Waals surface area contributed by atoms with Gasteiger partial charge in [0, 0.05) is 51.6 Å². The van der Waals surface area contributed by atoms with Crippen LogP contribution in [0.5, 0.6) is 0 Å². The number of carbonyl (C=O) groups excluding carboxylic acids is 3. The van der Waals surface area contributed by atoms with Gasteiger partial charge in [0.15, 0.2) is 5.13 Å². The Morgan fingerprint density at radius 1 is 0.843 bits per heavy atom. The molecule has 13 heteroatoms. The number of nitrogens with one attached hydrogen (secondary N) is 3. The van der Waals surface area contributed by atoms with Crippen LogP contribution in [0.2, 0.25) is 0 Å². The van der Waals surface area contributed by atoms with Crippen LogP contribution in [0.3, 0.4) is 0 Å². The molecule has 252 valence electrons. The van der Waals surface area contributed by atoms with Crippen LogP contribution in [0.25, 0.3) is 17.3 Å². The first-order valence-electron chi connectivity index (χ1n) is 15.4. The lowest BCUT2D eigenvalue weighted by atomic mass is 10.1. The summed E-state index contributed by atoms with van der Waals surface area (Å²) < 4.78 is 0. The molecule has 0 aliphatic heterocycles. The summed E-state index contributed by atoms with van der Waals surface area (Å²) in [5, 5.41) is 21.1. The first kappa shape index (κ1) is 34.4. The summed E-state index contributed by atoms with van der Waals surface area (Å²) in [7, 11) is 0. The number of benzene rings is 4. The van der Waals surface area contributed by atoms with E-state index in [1.165, 1.54) is 35.2 Å². The van der Waals surface area contributed by atoms with E-state index in [0.717, 1.165) is 5.56 Å². The zero-order valence-corrected chi connectivity index (χ0v) is 28.3. The van der Waals surface area contributed by atoms with Crippen molar-refractivity contribution in [3.63, 3.8) is 0 Å². The van der Waals surface area contributed by atoms with Crippen LogP contribution in [0.4, 0.5) is 16.5 Å². The number of thioether (sulfide) groups is 1. The summed E-state index contributed by atoms with van der Waals surface area (Å²) in [6, 6.07) is 34.5. The molecule has 3 N–H and O–H groups in total. The fraction of sp³-hybridized carbons (Fsp3) is 0.0263. The number of amides is 3. The summed E-state index contributed by atoms with van der Waals surface area (Å²) in [5.41, 5.74) is 3.24. The number of nitrogens with zero attached hydrogens (tertiary/aromatic N) is 3. The van der Waals surface area contributed by atoms with E-state index in [4.69, 9.17) is 0 Å². The van der Waals surface area contributed by atoms with Crippen LogP contribution in [0.1, 0.15) is 26.7 Å². The van der Waals surface area contributed by atoms with E-state index in [2.05, 4.69) is 25.9 Å². The minimum Gasteiger partial charge on any atom is -0.321 e. The van der Waals surface area contributed by atoms with Gasteiger partial charge in [0.1, 0.15) is 10.9 Å². The van der Waals surface area contributed by atoms with E-state index in [1.54, 1.807) is 96.6 Å². The Morgan fingerprint density at radius 3 is 2.35 bits per heavy atom. The molecule has 1 unspecified atom stereocenters. The topological polar surface area (TPSA) is 156 Å². The lowest BCUT2D eigenvalue weighted by Crippen LogP contribution is -2.30. The largest absolute Gasteiger partial charge is 0.321 e. The van der Waals surface area contributed by atoms with E-state index < -0.39 is 22.0 Å². The van der Waals surface area contributed by atoms with Crippen molar-refractivity contribution in [2.75, 3.05) is 10.6 Å². The molecule has 0 aliphatic rings. The van der Waals surface area contributed by atoms with Gasteiger partial charge in [-0.2, -0.15) is 0 Å². The van der Waals surface area contributed by atoms with E-state index >= 15 is 0 Å². The van der Waals surface area contributed by atoms with Gasteiger partial charge in [-0.25, -0.2) is 4.98 Å². The molecule has 6 aromatic rings. The zero-order chi connectivity index (χ0) is 35.6. The van der Waals surface area contributed by atoms with Crippen molar-refractivity contribution in [1.82, 2.24) is 15.3 Å². The predicted molar refractivity (Wildman–Crippen MR) is 199 cm³/mol. The molecular formula is C38H28N6O5S2. The zero-order valence-electron chi connectivity index (χ0n) is 26.6. The van der Waals surface area contributed by atoms with Crippen molar-refractivity contribution in [2.24, 2.45) is 0 Å². The summed E-state index contributed by atoms with van der Waals surface area (Å²) in [4.78, 5) is 60.4. The Labute approximate surface area is 300 Å². The Balaban J connectivity index is 1.20. The minimum absolute atomic E-state index is 0.0179.